The molecule has 0 unspecified atom stereocenters. The predicted octanol–water partition coefficient (Wildman–Crippen LogP) is 6.69. The van der Waals surface area contributed by atoms with Gasteiger partial charge in [0.25, 0.3) is 0 Å². The molecule has 1 saturated carbocycles. The topological polar surface area (TPSA) is 26.3 Å². The zero-order valence-electron chi connectivity index (χ0n) is 16.9. The molecule has 0 N–H and O–H groups in total. The van der Waals surface area contributed by atoms with Gasteiger partial charge in [-0.25, -0.2) is 13.6 Å². The molecule has 1 aliphatic carbocycles. The zero-order chi connectivity index (χ0) is 20.6. The molecule has 1 aliphatic rings. The number of carbonyl (C=O) groups is 1. The van der Waals surface area contributed by atoms with Crippen LogP contribution in [0.3, 0.4) is 0 Å². The first kappa shape index (κ1) is 21.2. The van der Waals surface area contributed by atoms with Crippen LogP contribution in [0.15, 0.2) is 54.1 Å². The highest BCUT2D eigenvalue weighted by Gasteiger charge is 2.29. The molecular weight excluding hydrogens is 370 g/mol. The van der Waals surface area contributed by atoms with Gasteiger partial charge in [-0.05, 0) is 66.1 Å². The molecule has 0 aliphatic heterocycles. The maximum absolute atomic E-state index is 13.6. The second-order valence-electron chi connectivity index (χ2n) is 7.63. The Morgan fingerprint density at radius 2 is 1.41 bits per heavy atom. The highest BCUT2D eigenvalue weighted by molar-refractivity contribution is 6.02. The molecule has 2 nitrogen and oxygen atoms in total. The number of ether oxygens (including phenoxy) is 1. The van der Waals surface area contributed by atoms with Gasteiger partial charge in [-0.15, -0.1) is 0 Å². The lowest BCUT2D eigenvalue weighted by atomic mass is 9.79. The van der Waals surface area contributed by atoms with Gasteiger partial charge >= 0.3 is 5.97 Å². The molecule has 154 valence electrons. The lowest BCUT2D eigenvalue weighted by Gasteiger charge is -2.26. The van der Waals surface area contributed by atoms with Crippen molar-refractivity contribution in [3.63, 3.8) is 0 Å². The lowest BCUT2D eigenvalue weighted by molar-refractivity contribution is -0.139. The van der Waals surface area contributed by atoms with Crippen molar-refractivity contribution < 1.29 is 18.3 Å². The van der Waals surface area contributed by atoms with E-state index < -0.39 is 0 Å². The summed E-state index contributed by atoms with van der Waals surface area (Å²) in [5.41, 5.74) is 2.84. The predicted molar refractivity (Wildman–Crippen MR) is 111 cm³/mol. The van der Waals surface area contributed by atoms with Crippen LogP contribution >= 0.6 is 0 Å². The van der Waals surface area contributed by atoms with Crippen LogP contribution in [0.2, 0.25) is 0 Å². The van der Waals surface area contributed by atoms with Crippen LogP contribution in [-0.2, 0) is 9.53 Å². The van der Waals surface area contributed by atoms with Gasteiger partial charge in [0.05, 0.1) is 6.61 Å². The average Bonchev–Trinajstić information content (AvgIpc) is 2.74. The summed E-state index contributed by atoms with van der Waals surface area (Å²) < 4.78 is 32.8. The van der Waals surface area contributed by atoms with Crippen molar-refractivity contribution in [1.82, 2.24) is 0 Å². The minimum Gasteiger partial charge on any atom is -0.462 e. The highest BCUT2D eigenvalue weighted by Crippen LogP contribution is 2.38. The van der Waals surface area contributed by atoms with Crippen molar-refractivity contribution in [3.8, 4) is 0 Å². The Bertz CT molecular complexity index is 785. The van der Waals surface area contributed by atoms with Crippen LogP contribution in [0.1, 0.15) is 63.0 Å². The molecule has 29 heavy (non-hydrogen) atoms. The number of unbranched alkanes of at least 4 members (excludes halogenated alkanes) is 1. The van der Waals surface area contributed by atoms with Crippen molar-refractivity contribution in [1.29, 1.82) is 0 Å². The molecule has 4 heteroatoms. The molecule has 2 aromatic rings. The second-order valence-corrected chi connectivity index (χ2v) is 7.63. The maximum Gasteiger partial charge on any atom is 0.334 e. The van der Waals surface area contributed by atoms with Crippen molar-refractivity contribution in [2.75, 3.05) is 6.61 Å². The first-order valence-electron chi connectivity index (χ1n) is 10.5. The second kappa shape index (κ2) is 10.3. The summed E-state index contributed by atoms with van der Waals surface area (Å²) >= 11 is 0. The number of halogens is 2. The van der Waals surface area contributed by atoms with Crippen LogP contribution in [0.5, 0.6) is 0 Å². The van der Waals surface area contributed by atoms with E-state index in [1.807, 2.05) is 6.92 Å². The van der Waals surface area contributed by atoms with E-state index in [9.17, 15) is 13.6 Å². The summed E-state index contributed by atoms with van der Waals surface area (Å²) in [5.74, 6) is -0.897. The largest absolute Gasteiger partial charge is 0.462 e. The Kier molecular flexibility index (Phi) is 7.56. The fraction of sp³-hybridized carbons (Fsp3) is 0.400. The van der Waals surface area contributed by atoms with Crippen LogP contribution in [0, 0.1) is 17.6 Å². The Morgan fingerprint density at radius 1 is 0.897 bits per heavy atom. The zero-order valence-corrected chi connectivity index (χ0v) is 16.9. The number of esters is 1. The van der Waals surface area contributed by atoms with Gasteiger partial charge in [-0.2, -0.15) is 0 Å². The Morgan fingerprint density at radius 3 is 1.90 bits per heavy atom. The fourth-order valence-corrected chi connectivity index (χ4v) is 3.96. The SMILES string of the molecule is CCCCOC(=O)C(=C(c1ccc(F)cc1)c1ccc(F)cc1)C1CCCCC1. The smallest absolute Gasteiger partial charge is 0.334 e. The molecule has 0 saturated heterocycles. The van der Waals surface area contributed by atoms with Gasteiger partial charge < -0.3 is 4.74 Å². The first-order chi connectivity index (χ1) is 14.1. The summed E-state index contributed by atoms with van der Waals surface area (Å²) in [5, 5.41) is 0. The molecule has 0 atom stereocenters. The molecule has 0 radical (unpaired) electrons. The Hall–Kier alpha value is -2.49. The van der Waals surface area contributed by atoms with E-state index in [-0.39, 0.29) is 23.5 Å². The third-order valence-electron chi connectivity index (χ3n) is 5.50. The van der Waals surface area contributed by atoms with E-state index in [4.69, 9.17) is 4.74 Å². The third kappa shape index (κ3) is 5.53. The van der Waals surface area contributed by atoms with Gasteiger partial charge in [-0.3, -0.25) is 0 Å². The monoisotopic (exact) mass is 398 g/mol. The Balaban J connectivity index is 2.14. The molecule has 0 amide bonds. The van der Waals surface area contributed by atoms with E-state index in [1.165, 1.54) is 24.3 Å². The van der Waals surface area contributed by atoms with Gasteiger partial charge in [0, 0.05) is 5.57 Å². The van der Waals surface area contributed by atoms with E-state index in [0.29, 0.717) is 12.2 Å². The van der Waals surface area contributed by atoms with Gasteiger partial charge in [0.15, 0.2) is 0 Å². The summed E-state index contributed by atoms with van der Waals surface area (Å²) in [6.07, 6.45) is 6.89. The van der Waals surface area contributed by atoms with Crippen LogP contribution in [-0.4, -0.2) is 12.6 Å². The van der Waals surface area contributed by atoms with Crippen molar-refractivity contribution in [2.24, 2.45) is 5.92 Å². The normalized spacial score (nSPS) is 14.4. The summed E-state index contributed by atoms with van der Waals surface area (Å²) in [7, 11) is 0. The van der Waals surface area contributed by atoms with Crippen molar-refractivity contribution in [3.05, 3.63) is 76.9 Å². The van der Waals surface area contributed by atoms with Gasteiger partial charge in [0.2, 0.25) is 0 Å². The van der Waals surface area contributed by atoms with Crippen molar-refractivity contribution >= 4 is 11.5 Å². The molecular formula is C25H28F2O2. The highest BCUT2D eigenvalue weighted by atomic mass is 19.1. The third-order valence-corrected chi connectivity index (χ3v) is 5.50. The first-order valence-corrected chi connectivity index (χ1v) is 10.5. The number of carbonyl (C=O) groups excluding carboxylic acids is 1. The van der Waals surface area contributed by atoms with E-state index in [1.54, 1.807) is 24.3 Å². The lowest BCUT2D eigenvalue weighted by Crippen LogP contribution is -2.21. The van der Waals surface area contributed by atoms with Crippen LogP contribution in [0.25, 0.3) is 5.57 Å². The molecule has 0 aromatic heterocycles. The quantitative estimate of drug-likeness (QED) is 0.295. The standard InChI is InChI=1S/C25H28F2O2/c1-2-3-17-29-25(28)24(18-7-5-4-6-8-18)23(19-9-13-21(26)14-10-19)20-11-15-22(27)16-12-20/h9-16,18H,2-8,17H2,1H3. The van der Waals surface area contributed by atoms with E-state index in [2.05, 4.69) is 0 Å². The number of hydrogen-bond acceptors (Lipinski definition) is 2. The summed E-state index contributed by atoms with van der Waals surface area (Å²) in [6.45, 7) is 2.43. The minimum atomic E-state index is -0.336. The van der Waals surface area contributed by atoms with Crippen LogP contribution < -0.4 is 0 Å². The summed E-state index contributed by atoms with van der Waals surface area (Å²) in [4.78, 5) is 13.2. The van der Waals surface area contributed by atoms with Crippen LogP contribution in [0.4, 0.5) is 8.78 Å². The number of rotatable bonds is 7. The maximum atomic E-state index is 13.6. The van der Waals surface area contributed by atoms with E-state index >= 15 is 0 Å². The number of benzene rings is 2. The number of hydrogen-bond donors (Lipinski definition) is 0. The molecule has 0 spiro atoms. The average molecular weight is 398 g/mol. The fourth-order valence-electron chi connectivity index (χ4n) is 3.96. The summed E-state index contributed by atoms with van der Waals surface area (Å²) in [6, 6.07) is 12.3. The van der Waals surface area contributed by atoms with Gasteiger partial charge in [-0.1, -0.05) is 56.9 Å². The van der Waals surface area contributed by atoms with E-state index in [0.717, 1.165) is 61.6 Å². The molecule has 3 rings (SSSR count). The molecule has 1 fully saturated rings. The molecule has 2 aromatic carbocycles. The van der Waals surface area contributed by atoms with Crippen molar-refractivity contribution in [2.45, 2.75) is 51.9 Å². The molecule has 0 bridgehead atoms. The van der Waals surface area contributed by atoms with Gasteiger partial charge in [0.1, 0.15) is 11.6 Å². The minimum absolute atomic E-state index is 0.0861. The molecule has 0 heterocycles. The Labute approximate surface area is 171 Å².